The lowest BCUT2D eigenvalue weighted by molar-refractivity contribution is -0.114. The number of amides is 1. The fraction of sp³-hybridized carbons (Fsp3) is 0.174. The van der Waals surface area contributed by atoms with Crippen molar-refractivity contribution in [1.29, 1.82) is 0 Å². The van der Waals surface area contributed by atoms with Gasteiger partial charge in [0.1, 0.15) is 18.0 Å². The number of methoxy groups -OCH3 is 2. The van der Waals surface area contributed by atoms with Crippen molar-refractivity contribution >= 4 is 38.9 Å². The minimum Gasteiger partial charge on any atom is -0.497 e. The van der Waals surface area contributed by atoms with Gasteiger partial charge >= 0.3 is 0 Å². The largest absolute Gasteiger partial charge is 0.497 e. The third kappa shape index (κ3) is 5.33. The van der Waals surface area contributed by atoms with Crippen molar-refractivity contribution < 1.29 is 22.7 Å². The number of rotatable bonds is 8. The van der Waals surface area contributed by atoms with Crippen molar-refractivity contribution in [3.63, 3.8) is 0 Å². The van der Waals surface area contributed by atoms with Gasteiger partial charge in [0.15, 0.2) is 0 Å². The van der Waals surface area contributed by atoms with E-state index in [0.29, 0.717) is 27.9 Å². The molecule has 3 rings (SSSR count). The van der Waals surface area contributed by atoms with E-state index in [1.165, 1.54) is 26.4 Å². The minimum atomic E-state index is -4.03. The first-order valence-electron chi connectivity index (χ1n) is 9.61. The van der Waals surface area contributed by atoms with Gasteiger partial charge in [-0.2, -0.15) is 0 Å². The monoisotopic (exact) mass is 474 g/mol. The number of nitrogens with zero attached hydrogens (tertiary/aromatic N) is 1. The molecule has 0 aliphatic carbocycles. The van der Waals surface area contributed by atoms with Crippen LogP contribution in [0.5, 0.6) is 11.5 Å². The predicted molar refractivity (Wildman–Crippen MR) is 125 cm³/mol. The average Bonchev–Trinajstić information content (AvgIpc) is 2.77. The van der Waals surface area contributed by atoms with E-state index in [0.717, 1.165) is 9.87 Å². The Morgan fingerprint density at radius 1 is 1.00 bits per heavy atom. The molecule has 9 heteroatoms. The van der Waals surface area contributed by atoms with Crippen molar-refractivity contribution in [1.82, 2.24) is 0 Å². The van der Waals surface area contributed by atoms with Gasteiger partial charge in [0.2, 0.25) is 5.91 Å². The summed E-state index contributed by atoms with van der Waals surface area (Å²) < 4.78 is 38.4. The Bertz CT molecular complexity index is 1210. The number of halogens is 1. The van der Waals surface area contributed by atoms with Crippen LogP contribution in [0.3, 0.4) is 0 Å². The van der Waals surface area contributed by atoms with E-state index in [4.69, 9.17) is 21.1 Å². The molecule has 0 heterocycles. The predicted octanol–water partition coefficient (Wildman–Crippen LogP) is 4.50. The van der Waals surface area contributed by atoms with Gasteiger partial charge in [-0.15, -0.1) is 0 Å². The first kappa shape index (κ1) is 23.4. The zero-order valence-corrected chi connectivity index (χ0v) is 19.4. The van der Waals surface area contributed by atoms with Crippen molar-refractivity contribution in [2.75, 3.05) is 30.4 Å². The fourth-order valence-electron chi connectivity index (χ4n) is 3.06. The molecule has 0 saturated carbocycles. The second kappa shape index (κ2) is 9.93. The summed E-state index contributed by atoms with van der Waals surface area (Å²) in [5.41, 5.74) is 1.45. The van der Waals surface area contributed by atoms with Crippen molar-refractivity contribution in [2.24, 2.45) is 0 Å². The van der Waals surface area contributed by atoms with E-state index in [2.05, 4.69) is 5.32 Å². The molecule has 0 saturated heterocycles. The minimum absolute atomic E-state index is 0.0847. The number of carbonyl (C=O) groups is 1. The van der Waals surface area contributed by atoms with Crippen LogP contribution in [-0.4, -0.2) is 35.1 Å². The molecule has 1 N–H and O–H groups in total. The third-order valence-corrected chi connectivity index (χ3v) is 6.67. The molecule has 0 atom stereocenters. The Morgan fingerprint density at radius 2 is 1.72 bits per heavy atom. The quantitative estimate of drug-likeness (QED) is 0.519. The van der Waals surface area contributed by atoms with Crippen LogP contribution in [0.1, 0.15) is 5.56 Å². The maximum atomic E-state index is 13.5. The second-order valence-corrected chi connectivity index (χ2v) is 9.22. The smallest absolute Gasteiger partial charge is 0.264 e. The normalized spacial score (nSPS) is 11.0. The molecule has 1 amide bonds. The zero-order chi connectivity index (χ0) is 23.3. The van der Waals surface area contributed by atoms with Crippen LogP contribution >= 0.6 is 11.6 Å². The van der Waals surface area contributed by atoms with Crippen molar-refractivity contribution in [3.8, 4) is 11.5 Å². The number of ether oxygens (including phenoxy) is 2. The first-order chi connectivity index (χ1) is 15.2. The molecule has 0 aliphatic rings. The van der Waals surface area contributed by atoms with Crippen LogP contribution in [0.4, 0.5) is 11.4 Å². The highest BCUT2D eigenvalue weighted by molar-refractivity contribution is 7.92. The van der Waals surface area contributed by atoms with Crippen LogP contribution in [0.2, 0.25) is 5.02 Å². The maximum absolute atomic E-state index is 13.5. The van der Waals surface area contributed by atoms with E-state index in [9.17, 15) is 13.2 Å². The molecule has 168 valence electrons. The van der Waals surface area contributed by atoms with E-state index in [1.54, 1.807) is 61.5 Å². The van der Waals surface area contributed by atoms with Gasteiger partial charge in [0.05, 0.1) is 30.5 Å². The third-order valence-electron chi connectivity index (χ3n) is 4.66. The molecule has 3 aromatic carbocycles. The van der Waals surface area contributed by atoms with Crippen molar-refractivity contribution in [3.05, 3.63) is 77.3 Å². The number of anilines is 2. The first-order valence-corrected chi connectivity index (χ1v) is 11.4. The van der Waals surface area contributed by atoms with E-state index in [1.807, 2.05) is 0 Å². The standard InChI is InChI=1S/C23H23ClN2O5S/c1-16-5-4-6-20(13-16)32(28,29)26(18-8-10-19(30-2)11-9-18)15-23(27)25-21-14-17(24)7-12-22(21)31-3/h4-14H,15H2,1-3H3,(H,25,27). The number of benzene rings is 3. The molecule has 0 radical (unpaired) electrons. The number of hydrogen-bond acceptors (Lipinski definition) is 5. The highest BCUT2D eigenvalue weighted by Crippen LogP contribution is 2.29. The summed E-state index contributed by atoms with van der Waals surface area (Å²) in [5.74, 6) is 0.410. The highest BCUT2D eigenvalue weighted by atomic mass is 35.5. The topological polar surface area (TPSA) is 84.9 Å². The lowest BCUT2D eigenvalue weighted by atomic mass is 10.2. The Labute approximate surface area is 192 Å². The summed E-state index contributed by atoms with van der Waals surface area (Å²) in [7, 11) is -1.05. The van der Waals surface area contributed by atoms with Gasteiger partial charge < -0.3 is 14.8 Å². The number of carbonyl (C=O) groups excluding carboxylic acids is 1. The molecule has 0 unspecified atom stereocenters. The molecule has 3 aromatic rings. The average molecular weight is 475 g/mol. The van der Waals surface area contributed by atoms with Gasteiger partial charge in [0, 0.05) is 5.02 Å². The van der Waals surface area contributed by atoms with Gasteiger partial charge in [-0.05, 0) is 67.1 Å². The molecule has 0 bridgehead atoms. The summed E-state index contributed by atoms with van der Waals surface area (Å²) >= 11 is 6.03. The zero-order valence-electron chi connectivity index (χ0n) is 17.8. The van der Waals surface area contributed by atoms with E-state index < -0.39 is 22.5 Å². The Hall–Kier alpha value is -3.23. The van der Waals surface area contributed by atoms with Crippen LogP contribution in [-0.2, 0) is 14.8 Å². The maximum Gasteiger partial charge on any atom is 0.264 e. The lowest BCUT2D eigenvalue weighted by Crippen LogP contribution is -2.38. The van der Waals surface area contributed by atoms with Gasteiger partial charge in [0.25, 0.3) is 10.0 Å². The molecule has 0 aromatic heterocycles. The summed E-state index contributed by atoms with van der Waals surface area (Å²) in [5, 5.41) is 3.08. The van der Waals surface area contributed by atoms with E-state index in [-0.39, 0.29) is 4.90 Å². The molecule has 0 aliphatic heterocycles. The number of aryl methyl sites for hydroxylation is 1. The summed E-state index contributed by atoms with van der Waals surface area (Å²) in [4.78, 5) is 13.0. The van der Waals surface area contributed by atoms with Gasteiger partial charge in [-0.25, -0.2) is 8.42 Å². The van der Waals surface area contributed by atoms with Gasteiger partial charge in [-0.1, -0.05) is 23.7 Å². The Kier molecular flexibility index (Phi) is 7.27. The SMILES string of the molecule is COc1ccc(N(CC(=O)Nc2cc(Cl)ccc2OC)S(=O)(=O)c2cccc(C)c2)cc1. The molecule has 7 nitrogen and oxygen atoms in total. The van der Waals surface area contributed by atoms with Crippen LogP contribution in [0.15, 0.2) is 71.6 Å². The molecule has 0 spiro atoms. The highest BCUT2D eigenvalue weighted by Gasteiger charge is 2.27. The van der Waals surface area contributed by atoms with E-state index >= 15 is 0 Å². The lowest BCUT2D eigenvalue weighted by Gasteiger charge is -2.24. The number of hydrogen-bond donors (Lipinski definition) is 1. The second-order valence-electron chi connectivity index (χ2n) is 6.92. The Balaban J connectivity index is 1.97. The molecular weight excluding hydrogens is 452 g/mol. The van der Waals surface area contributed by atoms with Gasteiger partial charge in [-0.3, -0.25) is 9.10 Å². The number of nitrogens with one attached hydrogen (secondary N) is 1. The van der Waals surface area contributed by atoms with Crippen LogP contribution < -0.4 is 19.1 Å². The molecule has 32 heavy (non-hydrogen) atoms. The molecule has 0 fully saturated rings. The Morgan fingerprint density at radius 3 is 2.34 bits per heavy atom. The van der Waals surface area contributed by atoms with Crippen LogP contribution in [0, 0.1) is 6.92 Å². The van der Waals surface area contributed by atoms with Crippen LogP contribution in [0.25, 0.3) is 0 Å². The fourth-order valence-corrected chi connectivity index (χ4v) is 4.76. The summed E-state index contributed by atoms with van der Waals surface area (Å²) in [6.07, 6.45) is 0. The van der Waals surface area contributed by atoms with Crippen molar-refractivity contribution in [2.45, 2.75) is 11.8 Å². The summed E-state index contributed by atoms with van der Waals surface area (Å²) in [6, 6.07) is 17.7. The molecular formula is C23H23ClN2O5S. The summed E-state index contributed by atoms with van der Waals surface area (Å²) in [6.45, 7) is 1.34. The number of sulfonamides is 1.